The molecule has 0 radical (unpaired) electrons. The van der Waals surface area contributed by atoms with Crippen LogP contribution in [0.4, 0.5) is 5.69 Å². The number of hydrogen-bond donors (Lipinski definition) is 2. The zero-order valence-electron chi connectivity index (χ0n) is 9.90. The quantitative estimate of drug-likeness (QED) is 0.578. The van der Waals surface area contributed by atoms with E-state index in [1.54, 1.807) is 13.3 Å². The molecular weight excluding hydrogens is 204 g/mol. The lowest BCUT2D eigenvalue weighted by atomic mass is 10.1. The minimum atomic E-state index is 0.0316. The Morgan fingerprint density at radius 3 is 2.94 bits per heavy atom. The molecule has 0 fully saturated rings. The van der Waals surface area contributed by atoms with E-state index in [4.69, 9.17) is 15.9 Å². The van der Waals surface area contributed by atoms with Crippen LogP contribution in [0.25, 0.3) is 0 Å². The Kier molecular flexibility index (Phi) is 4.10. The third-order valence-corrected chi connectivity index (χ3v) is 2.45. The Morgan fingerprint density at radius 1 is 1.69 bits per heavy atom. The molecule has 1 rings (SSSR count). The molecule has 1 aromatic heterocycles. The molecule has 0 amide bonds. The molecule has 0 aliphatic carbocycles. The van der Waals surface area contributed by atoms with Crippen LogP contribution in [0.3, 0.4) is 0 Å². The summed E-state index contributed by atoms with van der Waals surface area (Å²) in [5, 5.41) is 7.35. The first-order chi connectivity index (χ1) is 7.54. The number of ether oxygens (including phenoxy) is 1. The van der Waals surface area contributed by atoms with Gasteiger partial charge < -0.3 is 15.4 Å². The summed E-state index contributed by atoms with van der Waals surface area (Å²) in [6, 6.07) is 3.75. The summed E-state index contributed by atoms with van der Waals surface area (Å²) in [5.41, 5.74) is 6.44. The molecule has 1 heterocycles. The molecule has 1 atom stereocenters. The van der Waals surface area contributed by atoms with Gasteiger partial charge in [-0.25, -0.2) is 4.98 Å². The summed E-state index contributed by atoms with van der Waals surface area (Å²) in [6.45, 7) is 2.62. The summed E-state index contributed by atoms with van der Waals surface area (Å²) in [5.74, 6) is 0.817. The van der Waals surface area contributed by atoms with Crippen molar-refractivity contribution in [3.63, 3.8) is 0 Å². The monoisotopic (exact) mass is 222 g/mol. The second kappa shape index (κ2) is 5.34. The van der Waals surface area contributed by atoms with Gasteiger partial charge in [0.15, 0.2) is 0 Å². The zero-order chi connectivity index (χ0) is 12.1. The van der Waals surface area contributed by atoms with E-state index in [-0.39, 0.29) is 11.8 Å². The largest absolute Gasteiger partial charge is 0.481 e. The van der Waals surface area contributed by atoms with Gasteiger partial charge in [-0.05, 0) is 6.07 Å². The molecule has 0 aliphatic heterocycles. The van der Waals surface area contributed by atoms with E-state index >= 15 is 0 Å². The van der Waals surface area contributed by atoms with Crippen LogP contribution in [0.5, 0.6) is 5.88 Å². The minimum Gasteiger partial charge on any atom is -0.481 e. The third-order valence-electron chi connectivity index (χ3n) is 2.45. The number of nitrogens with zero attached hydrogens (tertiary/aromatic N) is 2. The van der Waals surface area contributed by atoms with Crippen molar-refractivity contribution in [3.05, 3.63) is 18.3 Å². The van der Waals surface area contributed by atoms with Crippen molar-refractivity contribution < 1.29 is 4.74 Å². The van der Waals surface area contributed by atoms with Crippen LogP contribution in [0.2, 0.25) is 0 Å². The first kappa shape index (κ1) is 12.3. The van der Waals surface area contributed by atoms with E-state index in [1.807, 2.05) is 31.0 Å². The fourth-order valence-electron chi connectivity index (χ4n) is 1.36. The number of aromatic nitrogens is 1. The van der Waals surface area contributed by atoms with Gasteiger partial charge >= 0.3 is 0 Å². The van der Waals surface area contributed by atoms with Gasteiger partial charge in [0.2, 0.25) is 5.88 Å². The maximum Gasteiger partial charge on any atom is 0.214 e. The minimum absolute atomic E-state index is 0.0316. The number of nitrogens with two attached hydrogens (primary N) is 1. The van der Waals surface area contributed by atoms with E-state index in [0.29, 0.717) is 12.4 Å². The summed E-state index contributed by atoms with van der Waals surface area (Å²) in [4.78, 5) is 6.06. The highest BCUT2D eigenvalue weighted by Gasteiger charge is 2.10. The molecule has 3 N–H and O–H groups in total. The normalized spacial score (nSPS) is 11.9. The Bertz CT molecular complexity index is 367. The van der Waals surface area contributed by atoms with Crippen LogP contribution >= 0.6 is 0 Å². The molecule has 16 heavy (non-hydrogen) atoms. The highest BCUT2D eigenvalue weighted by Crippen LogP contribution is 2.17. The molecule has 5 heteroatoms. The first-order valence-electron chi connectivity index (χ1n) is 5.09. The molecule has 1 unspecified atom stereocenters. The molecule has 0 aliphatic rings. The Hall–Kier alpha value is -1.78. The van der Waals surface area contributed by atoms with Gasteiger partial charge in [-0.2, -0.15) is 0 Å². The van der Waals surface area contributed by atoms with Crippen molar-refractivity contribution in [2.24, 2.45) is 11.7 Å². The average Bonchev–Trinajstić information content (AvgIpc) is 2.28. The summed E-state index contributed by atoms with van der Waals surface area (Å²) < 4.78 is 5.05. The average molecular weight is 222 g/mol. The van der Waals surface area contributed by atoms with E-state index in [0.717, 1.165) is 5.69 Å². The van der Waals surface area contributed by atoms with E-state index in [1.165, 1.54) is 0 Å². The van der Waals surface area contributed by atoms with Crippen LogP contribution in [0, 0.1) is 11.3 Å². The molecule has 0 bridgehead atoms. The zero-order valence-corrected chi connectivity index (χ0v) is 9.90. The third kappa shape index (κ3) is 3.12. The standard InChI is InChI=1S/C11H18N4O/c1-8(11(12)13)7-15(2)9-4-5-14-10(6-9)16-3/h4-6,8H,7H2,1-3H3,(H3,12,13). The topological polar surface area (TPSA) is 75.2 Å². The van der Waals surface area contributed by atoms with Gasteiger partial charge in [0.05, 0.1) is 12.9 Å². The van der Waals surface area contributed by atoms with Gasteiger partial charge in [0, 0.05) is 37.5 Å². The second-order valence-electron chi connectivity index (χ2n) is 3.79. The smallest absolute Gasteiger partial charge is 0.214 e. The molecule has 0 saturated carbocycles. The molecular formula is C11H18N4O. The fraction of sp³-hybridized carbons (Fsp3) is 0.455. The maximum absolute atomic E-state index is 7.35. The Labute approximate surface area is 95.7 Å². The van der Waals surface area contributed by atoms with Gasteiger partial charge in [-0.3, -0.25) is 5.41 Å². The van der Waals surface area contributed by atoms with Crippen molar-refractivity contribution in [3.8, 4) is 5.88 Å². The van der Waals surface area contributed by atoms with Crippen molar-refractivity contribution in [2.75, 3.05) is 25.6 Å². The van der Waals surface area contributed by atoms with Crippen molar-refractivity contribution in [2.45, 2.75) is 6.92 Å². The molecule has 5 nitrogen and oxygen atoms in total. The van der Waals surface area contributed by atoms with Crippen molar-refractivity contribution in [1.82, 2.24) is 4.98 Å². The van der Waals surface area contributed by atoms with Crippen LogP contribution < -0.4 is 15.4 Å². The number of nitrogens with one attached hydrogen (secondary N) is 1. The lowest BCUT2D eigenvalue weighted by Crippen LogP contribution is -2.32. The van der Waals surface area contributed by atoms with Crippen molar-refractivity contribution in [1.29, 1.82) is 5.41 Å². The Morgan fingerprint density at radius 2 is 2.38 bits per heavy atom. The van der Waals surface area contributed by atoms with Crippen LogP contribution in [0.15, 0.2) is 18.3 Å². The lowest BCUT2D eigenvalue weighted by Gasteiger charge is -2.22. The van der Waals surface area contributed by atoms with Gasteiger partial charge in [0.1, 0.15) is 0 Å². The van der Waals surface area contributed by atoms with Crippen LogP contribution in [-0.4, -0.2) is 31.5 Å². The first-order valence-corrected chi connectivity index (χ1v) is 5.09. The molecule has 0 aromatic carbocycles. The molecule has 0 spiro atoms. The number of anilines is 1. The highest BCUT2D eigenvalue weighted by atomic mass is 16.5. The lowest BCUT2D eigenvalue weighted by molar-refractivity contribution is 0.398. The maximum atomic E-state index is 7.35. The second-order valence-corrected chi connectivity index (χ2v) is 3.79. The predicted molar refractivity (Wildman–Crippen MR) is 65.1 cm³/mol. The molecule has 88 valence electrons. The summed E-state index contributed by atoms with van der Waals surface area (Å²) >= 11 is 0. The summed E-state index contributed by atoms with van der Waals surface area (Å²) in [6.07, 6.45) is 1.70. The molecule has 0 saturated heterocycles. The van der Waals surface area contributed by atoms with Gasteiger partial charge in [0.25, 0.3) is 0 Å². The van der Waals surface area contributed by atoms with Crippen molar-refractivity contribution >= 4 is 11.5 Å². The van der Waals surface area contributed by atoms with E-state index in [2.05, 4.69) is 4.98 Å². The summed E-state index contributed by atoms with van der Waals surface area (Å²) in [7, 11) is 3.54. The molecule has 1 aromatic rings. The number of hydrogen-bond acceptors (Lipinski definition) is 4. The van der Waals surface area contributed by atoms with Crippen LogP contribution in [0.1, 0.15) is 6.92 Å². The van der Waals surface area contributed by atoms with Gasteiger partial charge in [-0.15, -0.1) is 0 Å². The number of rotatable bonds is 5. The van der Waals surface area contributed by atoms with Crippen LogP contribution in [-0.2, 0) is 0 Å². The van der Waals surface area contributed by atoms with E-state index < -0.39 is 0 Å². The number of pyridine rings is 1. The van der Waals surface area contributed by atoms with Gasteiger partial charge in [-0.1, -0.05) is 6.92 Å². The van der Waals surface area contributed by atoms with E-state index in [9.17, 15) is 0 Å². The highest BCUT2D eigenvalue weighted by molar-refractivity contribution is 5.79. The predicted octanol–water partition coefficient (Wildman–Crippen LogP) is 1.10. The number of methoxy groups -OCH3 is 1. The fourth-order valence-corrected chi connectivity index (χ4v) is 1.36. The Balaban J connectivity index is 2.72. The number of amidine groups is 1. The SMILES string of the molecule is COc1cc(N(C)CC(C)C(=N)N)ccn1.